The van der Waals surface area contributed by atoms with E-state index in [1.165, 1.54) is 22.7 Å². The molecule has 0 aliphatic carbocycles. The van der Waals surface area contributed by atoms with Crippen molar-refractivity contribution in [3.05, 3.63) is 33.0 Å². The number of thiazole rings is 1. The zero-order valence-corrected chi connectivity index (χ0v) is 15.9. The number of likely N-dealkylation sites (tertiary alicyclic amines) is 1. The van der Waals surface area contributed by atoms with Gasteiger partial charge >= 0.3 is 0 Å². The number of hydrogen-bond acceptors (Lipinski definition) is 7. The number of anilines is 1. The van der Waals surface area contributed by atoms with E-state index >= 15 is 0 Å². The molecule has 140 valence electrons. The van der Waals surface area contributed by atoms with E-state index in [0.717, 1.165) is 15.5 Å². The van der Waals surface area contributed by atoms with E-state index in [9.17, 15) is 19.2 Å². The Hall–Kier alpha value is -2.59. The second kappa shape index (κ2) is 7.20. The molecule has 0 unspecified atom stereocenters. The van der Waals surface area contributed by atoms with Gasteiger partial charge in [-0.2, -0.15) is 0 Å². The summed E-state index contributed by atoms with van der Waals surface area (Å²) in [7, 11) is 0. The molecule has 2 aliphatic heterocycles. The molecule has 1 saturated heterocycles. The molecule has 8 nitrogen and oxygen atoms in total. The molecule has 0 bridgehead atoms. The van der Waals surface area contributed by atoms with Crippen molar-refractivity contribution in [1.82, 2.24) is 14.8 Å². The lowest BCUT2D eigenvalue weighted by molar-refractivity contribution is -0.145. The summed E-state index contributed by atoms with van der Waals surface area (Å²) < 4.78 is 0. The molecule has 0 aromatic carbocycles. The molecule has 0 atom stereocenters. The molecule has 0 radical (unpaired) electrons. The number of imide groups is 1. The lowest BCUT2D eigenvalue weighted by Gasteiger charge is -2.27. The van der Waals surface area contributed by atoms with Crippen molar-refractivity contribution in [1.29, 1.82) is 0 Å². The molecule has 0 spiro atoms. The van der Waals surface area contributed by atoms with Gasteiger partial charge in [-0.15, -0.1) is 11.3 Å². The topological polar surface area (TPSA) is 99.7 Å². The van der Waals surface area contributed by atoms with Crippen LogP contribution in [0.3, 0.4) is 0 Å². The van der Waals surface area contributed by atoms with E-state index in [-0.39, 0.29) is 43.0 Å². The van der Waals surface area contributed by atoms with Crippen LogP contribution < -0.4 is 5.32 Å². The second-order valence-corrected chi connectivity index (χ2v) is 8.29. The zero-order valence-electron chi connectivity index (χ0n) is 14.3. The van der Waals surface area contributed by atoms with Crippen LogP contribution >= 0.6 is 22.7 Å². The second-order valence-electron chi connectivity index (χ2n) is 6.26. The van der Waals surface area contributed by atoms with Crippen LogP contribution in [0.15, 0.2) is 17.5 Å². The third kappa shape index (κ3) is 3.62. The maximum Gasteiger partial charge on any atom is 0.267 e. The molecule has 4 rings (SSSR count). The van der Waals surface area contributed by atoms with Gasteiger partial charge in [-0.05, 0) is 11.4 Å². The standard InChI is InChI=1S/C17H16N4O4S2/c22-13-3-4-14(23)21(13)9-15(24)20-6-5-10-12(8-20)27-17(18-10)19-16(25)11-2-1-7-26-11/h1-2,7H,3-6,8-9H2,(H,18,19,25). The molecule has 4 amide bonds. The van der Waals surface area contributed by atoms with Gasteiger partial charge in [-0.25, -0.2) is 4.98 Å². The van der Waals surface area contributed by atoms with Gasteiger partial charge in [0.05, 0.1) is 17.1 Å². The lowest BCUT2D eigenvalue weighted by atomic mass is 10.2. The van der Waals surface area contributed by atoms with Crippen molar-refractivity contribution in [2.45, 2.75) is 25.8 Å². The van der Waals surface area contributed by atoms with Crippen molar-refractivity contribution in [2.75, 3.05) is 18.4 Å². The Bertz CT molecular complexity index is 906. The average Bonchev–Trinajstić information content (AvgIpc) is 3.37. The molecule has 10 heteroatoms. The summed E-state index contributed by atoms with van der Waals surface area (Å²) in [5.74, 6) is -1.03. The Morgan fingerprint density at radius 2 is 1.96 bits per heavy atom. The van der Waals surface area contributed by atoms with Gasteiger partial charge in [0.25, 0.3) is 5.91 Å². The molecule has 2 aromatic rings. The van der Waals surface area contributed by atoms with E-state index in [1.54, 1.807) is 11.0 Å². The minimum atomic E-state index is -0.289. The third-order valence-corrected chi connectivity index (χ3v) is 6.36. The van der Waals surface area contributed by atoms with Crippen molar-refractivity contribution < 1.29 is 19.2 Å². The summed E-state index contributed by atoms with van der Waals surface area (Å²) in [4.78, 5) is 56.7. The van der Waals surface area contributed by atoms with Crippen molar-refractivity contribution in [3.8, 4) is 0 Å². The highest BCUT2D eigenvalue weighted by Gasteiger charge is 2.33. The minimum Gasteiger partial charge on any atom is -0.336 e. The van der Waals surface area contributed by atoms with E-state index in [2.05, 4.69) is 10.3 Å². The fourth-order valence-corrected chi connectivity index (χ4v) is 4.70. The summed E-state index contributed by atoms with van der Waals surface area (Å²) in [6, 6.07) is 3.56. The number of thiophene rings is 1. The number of carbonyl (C=O) groups is 4. The number of fused-ring (bicyclic) bond motifs is 1. The highest BCUT2D eigenvalue weighted by Crippen LogP contribution is 2.29. The minimum absolute atomic E-state index is 0.179. The number of aromatic nitrogens is 1. The first kappa shape index (κ1) is 17.8. The number of nitrogens with one attached hydrogen (secondary N) is 1. The molecule has 2 aromatic heterocycles. The van der Waals surface area contributed by atoms with Gasteiger partial charge in [0, 0.05) is 30.7 Å². The van der Waals surface area contributed by atoms with E-state index < -0.39 is 0 Å². The number of carbonyl (C=O) groups excluding carboxylic acids is 4. The van der Waals surface area contributed by atoms with Gasteiger partial charge in [-0.1, -0.05) is 17.4 Å². The van der Waals surface area contributed by atoms with Crippen LogP contribution in [0.1, 0.15) is 33.1 Å². The van der Waals surface area contributed by atoms with Crippen LogP contribution in [-0.4, -0.2) is 51.5 Å². The quantitative estimate of drug-likeness (QED) is 0.779. The fraction of sp³-hybridized carbons (Fsp3) is 0.353. The normalized spacial score (nSPS) is 16.6. The molecule has 4 heterocycles. The number of amides is 4. The highest BCUT2D eigenvalue weighted by atomic mass is 32.1. The van der Waals surface area contributed by atoms with Crippen molar-refractivity contribution in [3.63, 3.8) is 0 Å². The maximum atomic E-state index is 12.5. The molecule has 27 heavy (non-hydrogen) atoms. The van der Waals surface area contributed by atoms with E-state index in [0.29, 0.717) is 29.5 Å². The van der Waals surface area contributed by atoms with Crippen molar-refractivity contribution >= 4 is 51.4 Å². The summed E-state index contributed by atoms with van der Waals surface area (Å²) >= 11 is 2.70. The summed E-state index contributed by atoms with van der Waals surface area (Å²) in [6.45, 7) is 0.648. The Labute approximate surface area is 162 Å². The Kier molecular flexibility index (Phi) is 4.75. The Morgan fingerprint density at radius 1 is 1.19 bits per heavy atom. The first-order chi connectivity index (χ1) is 13.0. The SMILES string of the molecule is O=C(Nc1nc2c(s1)CN(C(=O)CN1C(=O)CCC1=O)CC2)c1cccs1. The van der Waals surface area contributed by atoms with Crippen LogP contribution in [0, 0.1) is 0 Å². The van der Waals surface area contributed by atoms with E-state index in [4.69, 9.17) is 0 Å². The fourth-order valence-electron chi connectivity index (χ4n) is 3.06. The Balaban J connectivity index is 1.40. The van der Waals surface area contributed by atoms with Gasteiger partial charge in [0.15, 0.2) is 5.13 Å². The molecule has 0 saturated carbocycles. The predicted molar refractivity (Wildman–Crippen MR) is 99.5 cm³/mol. The smallest absolute Gasteiger partial charge is 0.267 e. The van der Waals surface area contributed by atoms with E-state index in [1.807, 2.05) is 11.4 Å². The first-order valence-corrected chi connectivity index (χ1v) is 10.2. The molecule has 1 fully saturated rings. The third-order valence-electron chi connectivity index (χ3n) is 4.50. The van der Waals surface area contributed by atoms with Gasteiger partial charge in [-0.3, -0.25) is 29.4 Å². The molecular weight excluding hydrogens is 388 g/mol. The monoisotopic (exact) mass is 404 g/mol. The number of hydrogen-bond donors (Lipinski definition) is 1. The summed E-state index contributed by atoms with van der Waals surface area (Å²) in [6.07, 6.45) is 0.936. The van der Waals surface area contributed by atoms with Crippen LogP contribution in [0.4, 0.5) is 5.13 Å². The van der Waals surface area contributed by atoms with Crippen LogP contribution in [-0.2, 0) is 27.3 Å². The first-order valence-electron chi connectivity index (χ1n) is 8.45. The average molecular weight is 404 g/mol. The van der Waals surface area contributed by atoms with Gasteiger partial charge < -0.3 is 4.90 Å². The molecule has 1 N–H and O–H groups in total. The number of nitrogens with zero attached hydrogens (tertiary/aromatic N) is 3. The Morgan fingerprint density at radius 3 is 2.67 bits per heavy atom. The largest absolute Gasteiger partial charge is 0.336 e. The predicted octanol–water partition coefficient (Wildman–Crippen LogP) is 1.49. The van der Waals surface area contributed by atoms with Gasteiger partial charge in [0.2, 0.25) is 17.7 Å². The summed E-state index contributed by atoms with van der Waals surface area (Å²) in [5, 5.41) is 5.14. The lowest BCUT2D eigenvalue weighted by Crippen LogP contribution is -2.44. The molecule has 2 aliphatic rings. The van der Waals surface area contributed by atoms with Crippen LogP contribution in [0.2, 0.25) is 0 Å². The summed E-state index contributed by atoms with van der Waals surface area (Å²) in [5.41, 5.74) is 0.874. The van der Waals surface area contributed by atoms with Crippen molar-refractivity contribution in [2.24, 2.45) is 0 Å². The van der Waals surface area contributed by atoms with Crippen LogP contribution in [0.5, 0.6) is 0 Å². The maximum absolute atomic E-state index is 12.5. The zero-order chi connectivity index (χ0) is 19.0. The van der Waals surface area contributed by atoms with Crippen LogP contribution in [0.25, 0.3) is 0 Å². The molecular formula is C17H16N4O4S2. The highest BCUT2D eigenvalue weighted by molar-refractivity contribution is 7.16. The number of rotatable bonds is 4. The van der Waals surface area contributed by atoms with Gasteiger partial charge in [0.1, 0.15) is 6.54 Å².